The number of rotatable bonds is 6. The fourth-order valence-electron chi connectivity index (χ4n) is 2.01. The van der Waals surface area contributed by atoms with E-state index in [0.29, 0.717) is 0 Å². The second-order valence-corrected chi connectivity index (χ2v) is 5.61. The maximum atomic E-state index is 12.1. The summed E-state index contributed by atoms with van der Waals surface area (Å²) in [4.78, 5) is 23.5. The lowest BCUT2D eigenvalue weighted by Gasteiger charge is -2.28. The number of amides is 1. The molecule has 4 nitrogen and oxygen atoms in total. The van der Waals surface area contributed by atoms with Gasteiger partial charge in [0.2, 0.25) is 5.91 Å². The number of hydrogen-bond acceptors (Lipinski definition) is 2. The van der Waals surface area contributed by atoms with E-state index in [9.17, 15) is 14.7 Å². The Morgan fingerprint density at radius 1 is 1.30 bits per heavy atom. The molecular weight excluding hydrogens is 254 g/mol. The first-order valence-corrected chi connectivity index (χ1v) is 6.92. The lowest BCUT2D eigenvalue weighted by atomic mass is 9.76. The van der Waals surface area contributed by atoms with Gasteiger partial charge in [-0.2, -0.15) is 0 Å². The Bertz CT molecular complexity index is 496. The van der Waals surface area contributed by atoms with Crippen LogP contribution < -0.4 is 5.32 Å². The van der Waals surface area contributed by atoms with Gasteiger partial charge in [0.05, 0.1) is 5.41 Å². The van der Waals surface area contributed by atoms with E-state index in [1.807, 2.05) is 45.0 Å². The number of nitrogens with one attached hydrogen (secondary N) is 1. The first-order chi connectivity index (χ1) is 9.31. The number of carboxylic acids is 1. The standard InChI is InChI=1S/C16H23NO3/c1-5-12-8-6-7-9-13(12)17-14(18)10-16(4,11(2)3)15(19)20/h6-9,11H,5,10H2,1-4H3,(H,17,18)(H,19,20). The normalized spacial score (nSPS) is 13.8. The Balaban J connectivity index is 2.84. The van der Waals surface area contributed by atoms with E-state index in [0.717, 1.165) is 17.7 Å². The van der Waals surface area contributed by atoms with Gasteiger partial charge in [-0.25, -0.2) is 0 Å². The lowest BCUT2D eigenvalue weighted by Crippen LogP contribution is -2.37. The monoisotopic (exact) mass is 277 g/mol. The molecule has 0 aliphatic carbocycles. The number of carbonyl (C=O) groups is 2. The van der Waals surface area contributed by atoms with Crippen molar-refractivity contribution in [3.63, 3.8) is 0 Å². The first kappa shape index (κ1) is 16.2. The number of aliphatic carboxylic acids is 1. The Labute approximate surface area is 120 Å². The minimum atomic E-state index is -1.05. The van der Waals surface area contributed by atoms with Gasteiger partial charge in [0.25, 0.3) is 0 Å². The van der Waals surface area contributed by atoms with E-state index >= 15 is 0 Å². The number of aryl methyl sites for hydroxylation is 1. The maximum Gasteiger partial charge on any atom is 0.310 e. The van der Waals surface area contributed by atoms with Gasteiger partial charge in [-0.05, 0) is 30.9 Å². The zero-order valence-corrected chi connectivity index (χ0v) is 12.6. The van der Waals surface area contributed by atoms with Crippen LogP contribution in [-0.4, -0.2) is 17.0 Å². The van der Waals surface area contributed by atoms with Crippen LogP contribution in [0.1, 0.15) is 39.7 Å². The first-order valence-electron chi connectivity index (χ1n) is 6.92. The highest BCUT2D eigenvalue weighted by Gasteiger charge is 2.38. The lowest BCUT2D eigenvalue weighted by molar-refractivity contribution is -0.153. The van der Waals surface area contributed by atoms with E-state index in [1.165, 1.54) is 0 Å². The summed E-state index contributed by atoms with van der Waals surface area (Å²) >= 11 is 0. The van der Waals surface area contributed by atoms with Crippen molar-refractivity contribution in [1.82, 2.24) is 0 Å². The second-order valence-electron chi connectivity index (χ2n) is 5.61. The molecule has 0 heterocycles. The van der Waals surface area contributed by atoms with Crippen LogP contribution in [0.2, 0.25) is 0 Å². The molecule has 0 radical (unpaired) electrons. The van der Waals surface area contributed by atoms with E-state index in [-0.39, 0.29) is 18.2 Å². The molecule has 1 aromatic rings. The average molecular weight is 277 g/mol. The van der Waals surface area contributed by atoms with Crippen LogP contribution in [0.5, 0.6) is 0 Å². The van der Waals surface area contributed by atoms with E-state index in [2.05, 4.69) is 5.32 Å². The molecule has 1 atom stereocenters. The van der Waals surface area contributed by atoms with Gasteiger partial charge in [-0.15, -0.1) is 0 Å². The predicted octanol–water partition coefficient (Wildman–Crippen LogP) is 3.32. The molecule has 1 aromatic carbocycles. The number of carboxylic acid groups (broad SMARTS) is 1. The molecule has 110 valence electrons. The Hall–Kier alpha value is -1.84. The number of hydrogen-bond donors (Lipinski definition) is 2. The number of benzene rings is 1. The highest BCUT2D eigenvalue weighted by Crippen LogP contribution is 2.32. The molecule has 0 fully saturated rings. The number of carbonyl (C=O) groups excluding carboxylic acids is 1. The predicted molar refractivity (Wildman–Crippen MR) is 79.6 cm³/mol. The zero-order chi connectivity index (χ0) is 15.3. The number of para-hydroxylation sites is 1. The third-order valence-corrected chi connectivity index (χ3v) is 3.96. The van der Waals surface area contributed by atoms with Gasteiger partial charge in [0.15, 0.2) is 0 Å². The molecule has 0 aliphatic heterocycles. The van der Waals surface area contributed by atoms with Crippen molar-refractivity contribution in [1.29, 1.82) is 0 Å². The van der Waals surface area contributed by atoms with Gasteiger partial charge in [0, 0.05) is 12.1 Å². The largest absolute Gasteiger partial charge is 0.481 e. The Kier molecular flexibility index (Phi) is 5.31. The Morgan fingerprint density at radius 2 is 1.90 bits per heavy atom. The second kappa shape index (κ2) is 6.55. The van der Waals surface area contributed by atoms with Crippen molar-refractivity contribution in [2.75, 3.05) is 5.32 Å². The molecule has 1 rings (SSSR count). The van der Waals surface area contributed by atoms with E-state index in [1.54, 1.807) is 6.92 Å². The minimum Gasteiger partial charge on any atom is -0.481 e. The SMILES string of the molecule is CCc1ccccc1NC(=O)CC(C)(C(=O)O)C(C)C. The smallest absolute Gasteiger partial charge is 0.310 e. The molecule has 1 amide bonds. The summed E-state index contributed by atoms with van der Waals surface area (Å²) in [5.74, 6) is -1.32. The summed E-state index contributed by atoms with van der Waals surface area (Å²) in [5.41, 5.74) is 0.754. The molecule has 2 N–H and O–H groups in total. The van der Waals surface area contributed by atoms with Crippen molar-refractivity contribution >= 4 is 17.6 Å². The summed E-state index contributed by atoms with van der Waals surface area (Å²) in [6.07, 6.45) is 0.787. The quantitative estimate of drug-likeness (QED) is 0.838. The molecule has 0 spiro atoms. The third kappa shape index (κ3) is 3.59. The van der Waals surface area contributed by atoms with Crippen molar-refractivity contribution < 1.29 is 14.7 Å². The Morgan fingerprint density at radius 3 is 2.40 bits per heavy atom. The van der Waals surface area contributed by atoms with Crippen molar-refractivity contribution in [2.24, 2.45) is 11.3 Å². The molecule has 1 unspecified atom stereocenters. The molecule has 0 saturated carbocycles. The summed E-state index contributed by atoms with van der Waals surface area (Å²) in [5, 5.41) is 12.2. The van der Waals surface area contributed by atoms with Crippen LogP contribution >= 0.6 is 0 Å². The van der Waals surface area contributed by atoms with Crippen LogP contribution in [0.25, 0.3) is 0 Å². The molecule has 4 heteroatoms. The molecule has 20 heavy (non-hydrogen) atoms. The average Bonchev–Trinajstić information content (AvgIpc) is 2.38. The minimum absolute atomic E-state index is 0.0297. The van der Waals surface area contributed by atoms with E-state index in [4.69, 9.17) is 0 Å². The number of anilines is 1. The zero-order valence-electron chi connectivity index (χ0n) is 12.6. The van der Waals surface area contributed by atoms with Crippen molar-refractivity contribution in [3.8, 4) is 0 Å². The van der Waals surface area contributed by atoms with Crippen molar-refractivity contribution in [2.45, 2.75) is 40.5 Å². The van der Waals surface area contributed by atoms with Crippen LogP contribution in [0.3, 0.4) is 0 Å². The topological polar surface area (TPSA) is 66.4 Å². The van der Waals surface area contributed by atoms with E-state index < -0.39 is 11.4 Å². The van der Waals surface area contributed by atoms with Gasteiger partial charge in [-0.1, -0.05) is 39.0 Å². The van der Waals surface area contributed by atoms with Gasteiger partial charge in [-0.3, -0.25) is 9.59 Å². The van der Waals surface area contributed by atoms with Crippen LogP contribution in [-0.2, 0) is 16.0 Å². The highest BCUT2D eigenvalue weighted by atomic mass is 16.4. The van der Waals surface area contributed by atoms with Gasteiger partial charge in [0.1, 0.15) is 0 Å². The van der Waals surface area contributed by atoms with Crippen LogP contribution in [0.4, 0.5) is 5.69 Å². The fourth-order valence-corrected chi connectivity index (χ4v) is 2.01. The van der Waals surface area contributed by atoms with Gasteiger partial charge >= 0.3 is 5.97 Å². The molecule has 0 aromatic heterocycles. The molecule has 0 bridgehead atoms. The molecule has 0 aliphatic rings. The summed E-state index contributed by atoms with van der Waals surface area (Å²) in [6.45, 7) is 7.27. The summed E-state index contributed by atoms with van der Waals surface area (Å²) in [7, 11) is 0. The summed E-state index contributed by atoms with van der Waals surface area (Å²) in [6, 6.07) is 7.57. The molecular formula is C16H23NO3. The van der Waals surface area contributed by atoms with Crippen LogP contribution in [0.15, 0.2) is 24.3 Å². The fraction of sp³-hybridized carbons (Fsp3) is 0.500. The van der Waals surface area contributed by atoms with Crippen molar-refractivity contribution in [3.05, 3.63) is 29.8 Å². The van der Waals surface area contributed by atoms with Crippen LogP contribution in [0, 0.1) is 11.3 Å². The molecule has 0 saturated heterocycles. The maximum absolute atomic E-state index is 12.1. The van der Waals surface area contributed by atoms with Gasteiger partial charge < -0.3 is 10.4 Å². The summed E-state index contributed by atoms with van der Waals surface area (Å²) < 4.78 is 0. The highest BCUT2D eigenvalue weighted by molar-refractivity contribution is 5.94. The third-order valence-electron chi connectivity index (χ3n) is 3.96.